The summed E-state index contributed by atoms with van der Waals surface area (Å²) in [6.45, 7) is 5.62. The summed E-state index contributed by atoms with van der Waals surface area (Å²) in [5.74, 6) is 2.45. The molecule has 2 fully saturated rings. The molecule has 2 aromatic heterocycles. The van der Waals surface area contributed by atoms with E-state index < -0.39 is 0 Å². The number of likely N-dealkylation sites (tertiary alicyclic amines) is 1. The van der Waals surface area contributed by atoms with Gasteiger partial charge < -0.3 is 14.8 Å². The Morgan fingerprint density at radius 3 is 2.82 bits per heavy atom. The molecule has 0 aromatic carbocycles. The van der Waals surface area contributed by atoms with Crippen molar-refractivity contribution < 1.29 is 0 Å². The van der Waals surface area contributed by atoms with Gasteiger partial charge in [-0.25, -0.2) is 4.98 Å². The standard InChI is InChI=1S/C21H28N6O/c1-22-19-6-7-23-21(24-19)26-11-15-10-17(14-26)18-5-4-16(20(28)27(18)12-15)13-25-8-2-3-9-25/h4-7,15,17H,2-3,8-14H2,1H3,(H,22,23,24)/t15-,17+/m0/s1. The molecule has 1 N–H and O–H groups in total. The second-order valence-corrected chi connectivity index (χ2v) is 8.38. The van der Waals surface area contributed by atoms with Gasteiger partial charge in [0, 0.05) is 56.6 Å². The maximum absolute atomic E-state index is 13.2. The fraction of sp³-hybridized carbons (Fsp3) is 0.571. The number of pyridine rings is 1. The van der Waals surface area contributed by atoms with Gasteiger partial charge in [-0.05, 0) is 50.4 Å². The summed E-state index contributed by atoms with van der Waals surface area (Å²) in [6.07, 6.45) is 5.46. The second kappa shape index (κ2) is 7.20. The highest BCUT2D eigenvalue weighted by atomic mass is 16.1. The smallest absolute Gasteiger partial charge is 0.255 e. The molecule has 0 unspecified atom stereocenters. The molecule has 2 bridgehead atoms. The number of piperidine rings is 1. The van der Waals surface area contributed by atoms with Crippen LogP contribution in [-0.4, -0.2) is 52.7 Å². The van der Waals surface area contributed by atoms with E-state index in [-0.39, 0.29) is 5.56 Å². The number of fused-ring (bicyclic) bond motifs is 4. The average Bonchev–Trinajstić information content (AvgIpc) is 3.23. The van der Waals surface area contributed by atoms with Gasteiger partial charge in [0.25, 0.3) is 5.56 Å². The average molecular weight is 380 g/mol. The highest BCUT2D eigenvalue weighted by molar-refractivity contribution is 5.42. The molecule has 7 heteroatoms. The summed E-state index contributed by atoms with van der Waals surface area (Å²) >= 11 is 0. The van der Waals surface area contributed by atoms with Gasteiger partial charge in [-0.2, -0.15) is 4.98 Å². The van der Waals surface area contributed by atoms with Crippen LogP contribution in [0.1, 0.15) is 36.4 Å². The van der Waals surface area contributed by atoms with E-state index in [1.54, 1.807) is 0 Å². The SMILES string of the molecule is CNc1ccnc(N2C[C@@H]3C[C@H](C2)c2ccc(CN4CCCC4)c(=O)n2C3)n1. The molecule has 28 heavy (non-hydrogen) atoms. The number of hydrogen-bond donors (Lipinski definition) is 1. The lowest BCUT2D eigenvalue weighted by atomic mass is 9.83. The molecular weight excluding hydrogens is 352 g/mol. The highest BCUT2D eigenvalue weighted by Crippen LogP contribution is 2.36. The summed E-state index contributed by atoms with van der Waals surface area (Å²) in [5.41, 5.74) is 2.36. The predicted octanol–water partition coefficient (Wildman–Crippen LogP) is 1.90. The van der Waals surface area contributed by atoms with E-state index in [9.17, 15) is 4.79 Å². The third-order valence-electron chi connectivity index (χ3n) is 6.46. The van der Waals surface area contributed by atoms with Crippen LogP contribution in [0.15, 0.2) is 29.2 Å². The summed E-state index contributed by atoms with van der Waals surface area (Å²) in [4.78, 5) is 26.9. The Labute approximate surface area is 165 Å². The van der Waals surface area contributed by atoms with Gasteiger partial charge in [-0.3, -0.25) is 9.69 Å². The number of rotatable bonds is 4. The predicted molar refractivity (Wildman–Crippen MR) is 110 cm³/mol. The van der Waals surface area contributed by atoms with Crippen molar-refractivity contribution in [3.8, 4) is 0 Å². The molecule has 5 heterocycles. The third-order valence-corrected chi connectivity index (χ3v) is 6.46. The highest BCUT2D eigenvalue weighted by Gasteiger charge is 2.36. The Kier molecular flexibility index (Phi) is 4.55. The zero-order chi connectivity index (χ0) is 19.1. The van der Waals surface area contributed by atoms with Crippen LogP contribution < -0.4 is 15.8 Å². The molecule has 148 valence electrons. The van der Waals surface area contributed by atoms with Gasteiger partial charge in [-0.1, -0.05) is 6.07 Å². The van der Waals surface area contributed by atoms with Crippen molar-refractivity contribution in [2.45, 2.75) is 38.3 Å². The normalized spacial score (nSPS) is 24.2. The van der Waals surface area contributed by atoms with Gasteiger partial charge in [0.15, 0.2) is 0 Å². The minimum absolute atomic E-state index is 0.223. The zero-order valence-electron chi connectivity index (χ0n) is 16.5. The van der Waals surface area contributed by atoms with Crippen molar-refractivity contribution in [2.75, 3.05) is 43.4 Å². The van der Waals surface area contributed by atoms with Crippen molar-refractivity contribution in [1.82, 2.24) is 19.4 Å². The Morgan fingerprint density at radius 1 is 1.14 bits per heavy atom. The van der Waals surface area contributed by atoms with Crippen LogP contribution in [0, 0.1) is 5.92 Å². The fourth-order valence-corrected chi connectivity index (χ4v) is 5.10. The minimum Gasteiger partial charge on any atom is -0.373 e. The molecule has 5 rings (SSSR count). The molecule has 3 aliphatic rings. The second-order valence-electron chi connectivity index (χ2n) is 8.38. The monoisotopic (exact) mass is 380 g/mol. The van der Waals surface area contributed by atoms with Crippen LogP contribution in [-0.2, 0) is 13.1 Å². The van der Waals surface area contributed by atoms with Crippen molar-refractivity contribution in [3.63, 3.8) is 0 Å². The topological polar surface area (TPSA) is 66.3 Å². The molecule has 0 aliphatic carbocycles. The summed E-state index contributed by atoms with van der Waals surface area (Å²) in [7, 11) is 1.87. The van der Waals surface area contributed by atoms with E-state index in [1.807, 2.05) is 19.3 Å². The first kappa shape index (κ1) is 17.7. The van der Waals surface area contributed by atoms with Gasteiger partial charge in [0.05, 0.1) is 0 Å². The van der Waals surface area contributed by atoms with E-state index in [4.69, 9.17) is 0 Å². The maximum atomic E-state index is 13.2. The molecule has 0 spiro atoms. The van der Waals surface area contributed by atoms with Crippen LogP contribution in [0.3, 0.4) is 0 Å². The lowest BCUT2D eigenvalue weighted by molar-refractivity contribution is 0.276. The molecule has 7 nitrogen and oxygen atoms in total. The number of anilines is 2. The van der Waals surface area contributed by atoms with Crippen LogP contribution in [0.5, 0.6) is 0 Å². The molecular formula is C21H28N6O. The molecule has 2 atom stereocenters. The van der Waals surface area contributed by atoms with Crippen LogP contribution in [0.2, 0.25) is 0 Å². The fourth-order valence-electron chi connectivity index (χ4n) is 5.10. The van der Waals surface area contributed by atoms with E-state index in [2.05, 4.69) is 41.8 Å². The number of nitrogens with zero attached hydrogens (tertiary/aromatic N) is 5. The number of nitrogens with one attached hydrogen (secondary N) is 1. The quantitative estimate of drug-likeness (QED) is 0.874. The first-order valence-electron chi connectivity index (χ1n) is 10.4. The lowest BCUT2D eigenvalue weighted by Gasteiger charge is -2.43. The Hall–Kier alpha value is -2.41. The third kappa shape index (κ3) is 3.17. The Morgan fingerprint density at radius 2 is 2.00 bits per heavy atom. The largest absolute Gasteiger partial charge is 0.373 e. The van der Waals surface area contributed by atoms with E-state index in [0.29, 0.717) is 11.8 Å². The van der Waals surface area contributed by atoms with Crippen molar-refractivity contribution in [2.24, 2.45) is 5.92 Å². The van der Waals surface area contributed by atoms with Crippen molar-refractivity contribution >= 4 is 11.8 Å². The summed E-state index contributed by atoms with van der Waals surface area (Å²) in [6, 6.07) is 6.15. The minimum atomic E-state index is 0.223. The first-order valence-corrected chi connectivity index (χ1v) is 10.4. The van der Waals surface area contributed by atoms with Crippen LogP contribution in [0.4, 0.5) is 11.8 Å². The van der Waals surface area contributed by atoms with Crippen molar-refractivity contribution in [3.05, 3.63) is 46.0 Å². The molecule has 2 saturated heterocycles. The van der Waals surface area contributed by atoms with E-state index in [1.165, 1.54) is 18.5 Å². The van der Waals surface area contributed by atoms with Crippen LogP contribution >= 0.6 is 0 Å². The van der Waals surface area contributed by atoms with Gasteiger partial charge >= 0.3 is 0 Å². The number of aromatic nitrogens is 3. The van der Waals surface area contributed by atoms with Crippen molar-refractivity contribution in [1.29, 1.82) is 0 Å². The lowest BCUT2D eigenvalue weighted by Crippen LogP contribution is -2.48. The van der Waals surface area contributed by atoms with Gasteiger partial charge in [0.1, 0.15) is 5.82 Å². The van der Waals surface area contributed by atoms with Gasteiger partial charge in [-0.15, -0.1) is 0 Å². The first-order chi connectivity index (χ1) is 13.7. The number of hydrogen-bond acceptors (Lipinski definition) is 6. The molecule has 0 amide bonds. The Bertz CT molecular complexity index is 919. The van der Waals surface area contributed by atoms with Crippen LogP contribution in [0.25, 0.3) is 0 Å². The molecule has 0 saturated carbocycles. The molecule has 3 aliphatic heterocycles. The summed E-state index contributed by atoms with van der Waals surface area (Å²) < 4.78 is 2.06. The Balaban J connectivity index is 1.41. The van der Waals surface area contributed by atoms with E-state index in [0.717, 1.165) is 63.0 Å². The van der Waals surface area contributed by atoms with E-state index >= 15 is 0 Å². The van der Waals surface area contributed by atoms with Gasteiger partial charge in [0.2, 0.25) is 5.95 Å². The zero-order valence-corrected chi connectivity index (χ0v) is 16.5. The summed E-state index contributed by atoms with van der Waals surface area (Å²) in [5, 5.41) is 3.09. The maximum Gasteiger partial charge on any atom is 0.255 e. The molecule has 0 radical (unpaired) electrons. The molecule has 2 aromatic rings.